The van der Waals surface area contributed by atoms with Crippen molar-refractivity contribution >= 4 is 91.4 Å². The number of ketones is 1. The number of carbonyl (C=O) groups is 1. The van der Waals surface area contributed by atoms with Gasteiger partial charge in [0.1, 0.15) is 0 Å². The summed E-state index contributed by atoms with van der Waals surface area (Å²) in [4.78, 5) is 13.4. The number of nitrogens with two attached hydrogens (primary N) is 1. The zero-order valence-corrected chi connectivity index (χ0v) is 39.8. The summed E-state index contributed by atoms with van der Waals surface area (Å²) in [6.45, 7) is 8.58. The van der Waals surface area contributed by atoms with Crippen LogP contribution in [0.3, 0.4) is 0 Å². The van der Waals surface area contributed by atoms with Crippen LogP contribution < -0.4 is 99.8 Å². The fraction of sp³-hybridized carbons (Fsp3) is 0.111. The number of allylic oxidation sites excluding steroid dienone is 1. The minimum absolute atomic E-state index is 0. The molecular weight excluding hydrogens is 880 g/mol. The van der Waals surface area contributed by atoms with Gasteiger partial charge in [-0.05, 0) is 61.0 Å². The number of carbonyl (C=O) groups excluding carboxylic acids is 1. The number of nitrogens with zero attached hydrogens (tertiary/aromatic N) is 3. The molecule has 1 aliphatic carbocycles. The molecule has 0 spiro atoms. The largest absolute Gasteiger partial charge is 1.00 e. The molecule has 0 unspecified atom stereocenters. The first-order chi connectivity index (χ1) is 24.2. The van der Waals surface area contributed by atoms with E-state index in [0.717, 1.165) is 0 Å². The van der Waals surface area contributed by atoms with Crippen LogP contribution in [0.25, 0.3) is 6.08 Å². The fourth-order valence-electron chi connectivity index (χ4n) is 3.63. The molecule has 0 fully saturated rings. The number of hydrazone groups is 1. The first kappa shape index (κ1) is 58.5. The zero-order valence-electron chi connectivity index (χ0n) is 29.7. The van der Waals surface area contributed by atoms with Crippen molar-refractivity contribution in [2.45, 2.75) is 16.7 Å². The number of hydrogen-bond donors (Lipinski definition) is 4. The maximum atomic E-state index is 13.1. The second-order valence-electron chi connectivity index (χ2n) is 9.52. The molecule has 0 saturated heterocycles. The number of sulfone groups is 2. The Balaban J connectivity index is -0.00000142. The van der Waals surface area contributed by atoms with E-state index < -0.39 is 56.9 Å². The van der Waals surface area contributed by atoms with Gasteiger partial charge >= 0.3 is 99.3 Å². The van der Waals surface area contributed by atoms with Gasteiger partial charge in [0.05, 0.1) is 32.6 Å². The monoisotopic (exact) mass is 905 g/mol. The molecule has 29 heteroatoms. The third kappa shape index (κ3) is 21.8. The van der Waals surface area contributed by atoms with Crippen molar-refractivity contribution < 1.29 is 158 Å². The number of Topliss-reactive ketones (excluding diaryl/α,β-unsaturated/α-hetero) is 1. The summed E-state index contributed by atoms with van der Waals surface area (Å²) in [5, 5.41) is 12.6. The molecule has 21 nitrogen and oxygen atoms in total. The molecule has 0 aliphatic heterocycles. The van der Waals surface area contributed by atoms with Crippen molar-refractivity contribution in [3.8, 4) is 0 Å². The molecule has 5 N–H and O–H groups in total. The smallest absolute Gasteiger partial charge is 0.726 e. The number of anilines is 2. The molecule has 4 rings (SSSR count). The van der Waals surface area contributed by atoms with E-state index in [-0.39, 0.29) is 127 Å². The van der Waals surface area contributed by atoms with Crippen molar-refractivity contribution in [2.24, 2.45) is 15.3 Å². The molecule has 0 atom stereocenters. The second-order valence-corrected chi connectivity index (χ2v) is 15.9. The summed E-state index contributed by atoms with van der Waals surface area (Å²) in [6.07, 6.45) is 4.36. The van der Waals surface area contributed by atoms with Crippen LogP contribution in [0.1, 0.15) is 21.5 Å². The van der Waals surface area contributed by atoms with Gasteiger partial charge in [-0.1, -0.05) is 28.7 Å². The summed E-state index contributed by atoms with van der Waals surface area (Å²) in [5.74, 6) is -0.938. The predicted octanol–water partition coefficient (Wildman–Crippen LogP) is -7.29. The number of nitrogen functional groups attached to an aromatic ring is 1. The Morgan fingerprint density at radius 2 is 1.23 bits per heavy atom. The average Bonchev–Trinajstić information content (AvgIpc) is 3.03. The van der Waals surface area contributed by atoms with Gasteiger partial charge in [0.2, 0.25) is 20.8 Å². The molecule has 3 aromatic carbocycles. The number of aryl methyl sites for hydroxylation is 1. The van der Waals surface area contributed by atoms with Crippen LogP contribution in [0.4, 0.5) is 22.7 Å². The SMILES string of the molecule is O=S(=O)([O-])O.O=S(=O)([O-])O.O=S(=O)=O.[CH2-]CS(=O)(=O)c1ccc(NN=C2[C-]=Cc3c(ccc(N)c3N=Nc3ccc(S(=O)(=O)C[CH2-])cc3C)C2=O)cc1.[Na+].[Na+].[Na+]. The zero-order chi connectivity index (χ0) is 40.9. The molecule has 0 aromatic heterocycles. The maximum Gasteiger partial charge on any atom is 1.00 e. The summed E-state index contributed by atoms with van der Waals surface area (Å²) >= 11 is 0. The molecule has 0 amide bonds. The van der Waals surface area contributed by atoms with Crippen molar-refractivity contribution in [1.82, 2.24) is 0 Å². The third-order valence-electron chi connectivity index (χ3n) is 5.89. The Hall–Kier alpha value is -1.80. The average molecular weight is 906 g/mol. The number of rotatable bonds is 8. The van der Waals surface area contributed by atoms with E-state index in [1.54, 1.807) is 13.0 Å². The summed E-state index contributed by atoms with van der Waals surface area (Å²) in [6, 6.07) is 13.5. The van der Waals surface area contributed by atoms with Gasteiger partial charge in [-0.15, -0.1) is 12.6 Å². The van der Waals surface area contributed by atoms with Crippen LogP contribution in [0.2, 0.25) is 0 Å². The van der Waals surface area contributed by atoms with Gasteiger partial charge in [0.15, 0.2) is 19.7 Å². The van der Waals surface area contributed by atoms with Crippen molar-refractivity contribution in [3.63, 3.8) is 0 Å². The van der Waals surface area contributed by atoms with Crippen LogP contribution in [-0.4, -0.2) is 87.5 Å². The van der Waals surface area contributed by atoms with E-state index in [0.29, 0.717) is 28.1 Å². The maximum absolute atomic E-state index is 13.1. The summed E-state index contributed by atoms with van der Waals surface area (Å²) < 4.78 is 139. The molecule has 0 saturated carbocycles. The molecule has 3 aromatic rings. The Bertz CT molecular complexity index is 2450. The van der Waals surface area contributed by atoms with Crippen LogP contribution in [0, 0.1) is 26.8 Å². The standard InChI is InChI=1S/C27H24N5O5S2.3Na.2H2O4S.O3S/c1-4-38(34,35)19-8-6-18(7-9-19)29-31-25-15-12-21-22(27(25)33)11-13-23(28)26(21)32-30-24-14-10-20(16-17(24)3)39(36,37)5-2;;;;2*1-5(2,3)4;1-4(2)3/h6-14,16,29H,1-2,4-5,28H2,3H3;;;;2*(H2,1,2,3,4);/q-3;3*+1;;;/p-2. The van der Waals surface area contributed by atoms with Gasteiger partial charge in [-0.2, -0.15) is 27.5 Å². The molecule has 0 heterocycles. The predicted molar refractivity (Wildman–Crippen MR) is 185 cm³/mol. The topological polar surface area (TPSA) is 367 Å². The first-order valence-electron chi connectivity index (χ1n) is 13.4. The summed E-state index contributed by atoms with van der Waals surface area (Å²) in [5.41, 5.74) is 11.6. The molecule has 56 heavy (non-hydrogen) atoms. The van der Waals surface area contributed by atoms with Crippen molar-refractivity contribution in [2.75, 3.05) is 22.7 Å². The Morgan fingerprint density at radius 3 is 1.68 bits per heavy atom. The third-order valence-corrected chi connectivity index (χ3v) is 8.93. The van der Waals surface area contributed by atoms with Gasteiger partial charge in [0.25, 0.3) is 0 Å². The van der Waals surface area contributed by atoms with Gasteiger partial charge in [0, 0.05) is 11.4 Å². The van der Waals surface area contributed by atoms with E-state index in [2.05, 4.69) is 40.7 Å². The number of azo groups is 1. The number of nitrogens with one attached hydrogen (secondary N) is 1. The van der Waals surface area contributed by atoms with Crippen LogP contribution in [0.15, 0.2) is 79.7 Å². The molecule has 1 aliphatic rings. The quantitative estimate of drug-likeness (QED) is 0.0310. The van der Waals surface area contributed by atoms with Crippen LogP contribution >= 0.6 is 0 Å². The van der Waals surface area contributed by atoms with Crippen molar-refractivity contribution in [3.05, 3.63) is 91.2 Å². The van der Waals surface area contributed by atoms with Crippen molar-refractivity contribution in [1.29, 1.82) is 0 Å². The first-order valence-corrected chi connectivity index (χ1v) is 20.4. The summed E-state index contributed by atoms with van der Waals surface area (Å²) in [7, 11) is -19.8. The molecule has 290 valence electrons. The van der Waals surface area contributed by atoms with Gasteiger partial charge < -0.3 is 33.5 Å². The number of benzene rings is 3. The van der Waals surface area contributed by atoms with E-state index >= 15 is 0 Å². The normalized spacial score (nSPS) is 12.7. The minimum Gasteiger partial charge on any atom is -0.726 e. The molecule has 0 bridgehead atoms. The van der Waals surface area contributed by atoms with Crippen LogP contribution in [-0.2, 0) is 51.1 Å². The second kappa shape index (κ2) is 25.6. The van der Waals surface area contributed by atoms with E-state index in [1.165, 1.54) is 54.6 Å². The van der Waals surface area contributed by atoms with Gasteiger partial charge in [-0.3, -0.25) is 14.5 Å². The number of hydrogen-bond acceptors (Lipinski definition) is 19. The van der Waals surface area contributed by atoms with Gasteiger partial charge in [-0.25, -0.2) is 33.7 Å². The Labute approximate surface area is 390 Å². The fourth-order valence-corrected chi connectivity index (χ4v) is 5.28. The Morgan fingerprint density at radius 1 is 0.786 bits per heavy atom. The molecular formula is C27H26N5Na3O16S5-2. The van der Waals surface area contributed by atoms with E-state index in [9.17, 15) is 21.6 Å². The van der Waals surface area contributed by atoms with E-state index in [1.807, 2.05) is 0 Å². The van der Waals surface area contributed by atoms with Crippen LogP contribution in [0.5, 0.6) is 0 Å². The molecule has 0 radical (unpaired) electrons. The minimum atomic E-state index is -4.92. The Kier molecular flexibility index (Phi) is 26.8. The number of fused-ring (bicyclic) bond motifs is 1. The van der Waals surface area contributed by atoms with E-state index in [4.69, 9.17) is 53.4 Å².